The molecule has 0 aromatic rings. The average molecular weight is 387 g/mol. The molecule has 2 aliphatic heterocycles. The molecule has 0 bridgehead atoms. The first kappa shape index (κ1) is 14.9. The number of allylic oxidation sites excluding steroid dienone is 2. The summed E-state index contributed by atoms with van der Waals surface area (Å²) < 4.78 is 11.0. The molecule has 0 spiro atoms. The third-order valence-electron chi connectivity index (χ3n) is 4.70. The molecule has 0 N–H and O–H groups in total. The fourth-order valence-corrected chi connectivity index (χ4v) is 5.17. The van der Waals surface area contributed by atoms with Crippen molar-refractivity contribution in [1.29, 1.82) is 0 Å². The van der Waals surface area contributed by atoms with Crippen molar-refractivity contribution in [2.45, 2.75) is 57.1 Å². The summed E-state index contributed by atoms with van der Waals surface area (Å²) in [5, 5.41) is 0. The van der Waals surface area contributed by atoms with Crippen LogP contribution in [-0.2, 0) is 4.74 Å². The van der Waals surface area contributed by atoms with E-state index in [9.17, 15) is 0 Å². The first-order valence-electron chi connectivity index (χ1n) is 8.10. The van der Waals surface area contributed by atoms with E-state index in [-0.39, 0.29) is 20.7 Å². The van der Waals surface area contributed by atoms with Gasteiger partial charge in [-0.1, -0.05) is 45.7 Å². The van der Waals surface area contributed by atoms with Crippen molar-refractivity contribution in [1.82, 2.24) is 4.90 Å². The van der Waals surface area contributed by atoms with E-state index >= 15 is 0 Å². The Kier molecular flexibility index (Phi) is 5.86. The standard InChI is InChI=1S/C17H26INO/c1-2-6-17(16(5-1)19-12-3-4-13-19)20-14-9-15-7-10-18-11-8-15/h7-8,10-11,16-17H,1-6,9,12-14H2/t16?,17-/m0/s1. The van der Waals surface area contributed by atoms with Crippen LogP contribution >= 0.6 is 20.7 Å². The van der Waals surface area contributed by atoms with Gasteiger partial charge in [0, 0.05) is 6.04 Å². The van der Waals surface area contributed by atoms with Crippen molar-refractivity contribution in [2.75, 3.05) is 19.7 Å². The summed E-state index contributed by atoms with van der Waals surface area (Å²) in [6.45, 7) is 3.51. The minimum absolute atomic E-state index is 0.215. The average Bonchev–Trinajstić information content (AvgIpc) is 3.03. The van der Waals surface area contributed by atoms with Crippen molar-refractivity contribution in [3.05, 3.63) is 21.8 Å². The van der Waals surface area contributed by atoms with Crippen LogP contribution < -0.4 is 0 Å². The Labute approximate surface area is 133 Å². The van der Waals surface area contributed by atoms with E-state index in [1.807, 2.05) is 0 Å². The van der Waals surface area contributed by atoms with Gasteiger partial charge in [0.25, 0.3) is 0 Å². The Hall–Kier alpha value is 0. The van der Waals surface area contributed by atoms with Crippen LogP contribution in [0, 0.1) is 0 Å². The Morgan fingerprint density at radius 1 is 1.15 bits per heavy atom. The van der Waals surface area contributed by atoms with E-state index in [2.05, 4.69) is 25.1 Å². The van der Waals surface area contributed by atoms with Crippen molar-refractivity contribution in [3.8, 4) is 0 Å². The van der Waals surface area contributed by atoms with E-state index in [0.717, 1.165) is 13.0 Å². The second kappa shape index (κ2) is 7.85. The van der Waals surface area contributed by atoms with Crippen LogP contribution in [-0.4, -0.2) is 40.8 Å². The van der Waals surface area contributed by atoms with Gasteiger partial charge >= 0.3 is 0 Å². The number of hydrogen-bond donors (Lipinski definition) is 0. The number of halogens is 1. The van der Waals surface area contributed by atoms with Crippen molar-refractivity contribution >= 4 is 24.7 Å². The number of hydrogen-bond acceptors (Lipinski definition) is 2. The Bertz CT molecular complexity index is 396. The molecule has 3 rings (SSSR count). The lowest BCUT2D eigenvalue weighted by atomic mass is 9.91. The largest absolute Gasteiger partial charge is 0.376 e. The Morgan fingerprint density at radius 2 is 2.00 bits per heavy atom. The zero-order valence-electron chi connectivity index (χ0n) is 12.3. The van der Waals surface area contributed by atoms with Gasteiger partial charge < -0.3 is 4.74 Å². The van der Waals surface area contributed by atoms with Crippen molar-refractivity contribution in [3.63, 3.8) is 0 Å². The molecule has 1 aliphatic carbocycles. The molecule has 0 amide bonds. The lowest BCUT2D eigenvalue weighted by molar-refractivity contribution is -0.0288. The highest BCUT2D eigenvalue weighted by atomic mass is 127. The van der Waals surface area contributed by atoms with Crippen LogP contribution in [0.4, 0.5) is 0 Å². The summed E-state index contributed by atoms with van der Waals surface area (Å²) in [5.41, 5.74) is 1.45. The molecular formula is C17H26INO. The van der Waals surface area contributed by atoms with E-state index in [4.69, 9.17) is 4.74 Å². The minimum atomic E-state index is 0.215. The van der Waals surface area contributed by atoms with Gasteiger partial charge in [-0.3, -0.25) is 4.90 Å². The summed E-state index contributed by atoms with van der Waals surface area (Å²) >= 11 is 0.215. The normalized spacial score (nSPS) is 31.1. The quantitative estimate of drug-likeness (QED) is 0.661. The lowest BCUT2D eigenvalue weighted by Gasteiger charge is -2.37. The third-order valence-corrected chi connectivity index (χ3v) is 6.25. The first-order valence-corrected chi connectivity index (χ1v) is 10.6. The minimum Gasteiger partial charge on any atom is -0.376 e. The molecule has 3 heteroatoms. The maximum Gasteiger partial charge on any atom is 0.0730 e. The second-order valence-electron chi connectivity index (χ2n) is 6.04. The Morgan fingerprint density at radius 3 is 2.80 bits per heavy atom. The smallest absolute Gasteiger partial charge is 0.0730 e. The van der Waals surface area contributed by atoms with Gasteiger partial charge in [-0.2, -0.15) is 0 Å². The van der Waals surface area contributed by atoms with Crippen LogP contribution in [0.2, 0.25) is 0 Å². The van der Waals surface area contributed by atoms with Crippen LogP contribution in [0.25, 0.3) is 0 Å². The third kappa shape index (κ3) is 4.01. The van der Waals surface area contributed by atoms with E-state index in [0.29, 0.717) is 12.1 Å². The summed E-state index contributed by atoms with van der Waals surface area (Å²) in [7, 11) is 0. The monoisotopic (exact) mass is 387 g/mol. The van der Waals surface area contributed by atoms with Crippen molar-refractivity contribution < 1.29 is 4.74 Å². The molecule has 20 heavy (non-hydrogen) atoms. The highest BCUT2D eigenvalue weighted by molar-refractivity contribution is 14.2. The zero-order valence-corrected chi connectivity index (χ0v) is 14.4. The number of rotatable bonds is 5. The van der Waals surface area contributed by atoms with Gasteiger partial charge in [-0.15, -0.1) is 0 Å². The zero-order chi connectivity index (χ0) is 13.6. The van der Waals surface area contributed by atoms with Crippen LogP contribution in [0.15, 0.2) is 21.8 Å². The number of likely N-dealkylation sites (tertiary alicyclic amines) is 1. The molecule has 2 nitrogen and oxygen atoms in total. The molecule has 1 saturated heterocycles. The first-order chi connectivity index (χ1) is 9.93. The van der Waals surface area contributed by atoms with E-state index in [1.165, 1.54) is 57.2 Å². The molecule has 3 aliphatic rings. The molecule has 2 fully saturated rings. The fraction of sp³-hybridized carbons (Fsp3) is 0.706. The number of ether oxygens (including phenoxy) is 1. The molecule has 2 heterocycles. The van der Waals surface area contributed by atoms with E-state index < -0.39 is 0 Å². The second-order valence-corrected chi connectivity index (χ2v) is 8.20. The molecule has 0 aromatic heterocycles. The Balaban J connectivity index is 1.48. The summed E-state index contributed by atoms with van der Waals surface area (Å²) in [6, 6.07) is 0.708. The fourth-order valence-electron chi connectivity index (χ4n) is 3.59. The van der Waals surface area contributed by atoms with E-state index in [1.54, 1.807) is 0 Å². The molecule has 1 unspecified atom stereocenters. The highest BCUT2D eigenvalue weighted by Gasteiger charge is 2.31. The molecule has 0 radical (unpaired) electrons. The van der Waals surface area contributed by atoms with Crippen LogP contribution in [0.3, 0.4) is 0 Å². The van der Waals surface area contributed by atoms with Gasteiger partial charge in [0.15, 0.2) is 0 Å². The molecule has 1 saturated carbocycles. The predicted molar refractivity (Wildman–Crippen MR) is 94.7 cm³/mol. The SMILES string of the molecule is C1=CC(CCO[C@H]2CCCCC2N2CCCC2)=CC=I1. The highest BCUT2D eigenvalue weighted by Crippen LogP contribution is 2.28. The topological polar surface area (TPSA) is 12.5 Å². The van der Waals surface area contributed by atoms with Crippen LogP contribution in [0.5, 0.6) is 0 Å². The summed E-state index contributed by atoms with van der Waals surface area (Å²) in [4.78, 5) is 2.70. The molecular weight excluding hydrogens is 361 g/mol. The molecule has 0 aromatic carbocycles. The maximum atomic E-state index is 6.29. The predicted octanol–water partition coefficient (Wildman–Crippen LogP) is 4.03. The van der Waals surface area contributed by atoms with Gasteiger partial charge in [-0.05, 0) is 58.9 Å². The van der Waals surface area contributed by atoms with Crippen molar-refractivity contribution in [2.24, 2.45) is 0 Å². The van der Waals surface area contributed by atoms with Crippen LogP contribution in [0.1, 0.15) is 44.9 Å². The maximum absolute atomic E-state index is 6.29. The van der Waals surface area contributed by atoms with Gasteiger partial charge in [0.2, 0.25) is 0 Å². The summed E-state index contributed by atoms with van der Waals surface area (Å²) in [6.07, 6.45) is 14.3. The van der Waals surface area contributed by atoms with Gasteiger partial charge in [-0.25, -0.2) is 0 Å². The van der Waals surface area contributed by atoms with Gasteiger partial charge in [0.05, 0.1) is 12.7 Å². The number of nitrogens with zero attached hydrogens (tertiary/aromatic N) is 1. The lowest BCUT2D eigenvalue weighted by Crippen LogP contribution is -2.45. The molecule has 112 valence electrons. The summed E-state index contributed by atoms with van der Waals surface area (Å²) in [5.74, 6) is 0. The van der Waals surface area contributed by atoms with Gasteiger partial charge in [0.1, 0.15) is 0 Å². The molecule has 2 atom stereocenters.